The van der Waals surface area contributed by atoms with Gasteiger partial charge in [-0.2, -0.15) is 5.26 Å². The van der Waals surface area contributed by atoms with E-state index in [1.54, 1.807) is 4.90 Å². The summed E-state index contributed by atoms with van der Waals surface area (Å²) >= 11 is 0. The highest BCUT2D eigenvalue weighted by Gasteiger charge is 2.43. The molecule has 1 rings (SSSR count). The Kier molecular flexibility index (Phi) is 4.95. The number of ether oxygens (including phenoxy) is 1. The summed E-state index contributed by atoms with van der Waals surface area (Å²) in [5.41, 5.74) is 0. The largest absolute Gasteiger partial charge is 0.374 e. The van der Waals surface area contributed by atoms with Crippen LogP contribution in [0, 0.1) is 23.2 Å². The van der Waals surface area contributed by atoms with E-state index in [9.17, 15) is 4.79 Å². The van der Waals surface area contributed by atoms with Crippen molar-refractivity contribution < 1.29 is 9.53 Å². The molecular weight excluding hydrogens is 216 g/mol. The molecule has 0 aliphatic carbocycles. The Morgan fingerprint density at radius 2 is 2.00 bits per heavy atom. The number of carbonyl (C=O) groups is 1. The minimum atomic E-state index is -0.107. The molecule has 1 aliphatic rings. The van der Waals surface area contributed by atoms with Gasteiger partial charge in [-0.25, -0.2) is 0 Å². The first-order valence-electron chi connectivity index (χ1n) is 6.34. The van der Waals surface area contributed by atoms with Crippen LogP contribution in [0.1, 0.15) is 34.1 Å². The normalized spacial score (nSPS) is 32.2. The summed E-state index contributed by atoms with van der Waals surface area (Å²) in [5.74, 6) is 0.179. The average Bonchev–Trinajstić information content (AvgIpc) is 2.52. The van der Waals surface area contributed by atoms with Crippen LogP contribution >= 0.6 is 0 Å². The van der Waals surface area contributed by atoms with Gasteiger partial charge >= 0.3 is 0 Å². The summed E-state index contributed by atoms with van der Waals surface area (Å²) in [7, 11) is 0. The molecule has 0 aromatic carbocycles. The van der Waals surface area contributed by atoms with Crippen LogP contribution in [0.2, 0.25) is 0 Å². The first-order chi connectivity index (χ1) is 8.02. The van der Waals surface area contributed by atoms with Gasteiger partial charge < -0.3 is 9.64 Å². The van der Waals surface area contributed by atoms with Gasteiger partial charge in [0.15, 0.2) is 0 Å². The molecule has 1 saturated heterocycles. The van der Waals surface area contributed by atoms with E-state index >= 15 is 0 Å². The van der Waals surface area contributed by atoms with Gasteiger partial charge in [0.05, 0.1) is 24.2 Å². The molecule has 17 heavy (non-hydrogen) atoms. The standard InChI is InChI=1S/C13H22N2O2/c1-5-7-15(8-6-14)13(16)12-9(2)10(3)17-11(12)4/h9-12H,5,7-8H2,1-4H3. The minimum Gasteiger partial charge on any atom is -0.374 e. The van der Waals surface area contributed by atoms with Crippen molar-refractivity contribution in [3.63, 3.8) is 0 Å². The highest BCUT2D eigenvalue weighted by Crippen LogP contribution is 2.33. The Labute approximate surface area is 104 Å². The van der Waals surface area contributed by atoms with Crippen LogP contribution in [0.25, 0.3) is 0 Å². The molecule has 4 unspecified atom stereocenters. The van der Waals surface area contributed by atoms with Gasteiger partial charge in [0.25, 0.3) is 0 Å². The lowest BCUT2D eigenvalue weighted by Crippen LogP contribution is -2.41. The SMILES string of the molecule is CCCN(CC#N)C(=O)C1C(C)OC(C)C1C. The third-order valence-corrected chi connectivity index (χ3v) is 3.59. The number of rotatable bonds is 4. The maximum atomic E-state index is 12.4. The van der Waals surface area contributed by atoms with E-state index in [1.807, 2.05) is 27.7 Å². The summed E-state index contributed by atoms with van der Waals surface area (Å²) in [6.45, 7) is 8.83. The number of nitrogens with zero attached hydrogens (tertiary/aromatic N) is 2. The van der Waals surface area contributed by atoms with Crippen molar-refractivity contribution in [3.05, 3.63) is 0 Å². The second kappa shape index (κ2) is 6.02. The van der Waals surface area contributed by atoms with Gasteiger partial charge in [-0.05, 0) is 26.2 Å². The lowest BCUT2D eigenvalue weighted by atomic mass is 9.88. The van der Waals surface area contributed by atoms with Crippen molar-refractivity contribution >= 4 is 5.91 Å². The third kappa shape index (κ3) is 2.98. The van der Waals surface area contributed by atoms with Gasteiger partial charge in [-0.15, -0.1) is 0 Å². The zero-order valence-corrected chi connectivity index (χ0v) is 11.1. The summed E-state index contributed by atoms with van der Waals surface area (Å²) < 4.78 is 5.68. The monoisotopic (exact) mass is 238 g/mol. The topological polar surface area (TPSA) is 53.3 Å². The molecule has 4 heteroatoms. The highest BCUT2D eigenvalue weighted by molar-refractivity contribution is 5.80. The second-order valence-electron chi connectivity index (χ2n) is 4.85. The first-order valence-corrected chi connectivity index (χ1v) is 6.34. The van der Waals surface area contributed by atoms with Crippen LogP contribution in [0.3, 0.4) is 0 Å². The number of carbonyl (C=O) groups excluding carboxylic acids is 1. The van der Waals surface area contributed by atoms with Crippen LogP contribution in [0.4, 0.5) is 0 Å². The predicted octanol–water partition coefficient (Wildman–Crippen LogP) is 1.81. The Hall–Kier alpha value is -1.08. The molecule has 1 aliphatic heterocycles. The van der Waals surface area contributed by atoms with Crippen molar-refractivity contribution in [1.29, 1.82) is 5.26 Å². The zero-order chi connectivity index (χ0) is 13.0. The average molecular weight is 238 g/mol. The van der Waals surface area contributed by atoms with E-state index in [0.29, 0.717) is 6.54 Å². The van der Waals surface area contributed by atoms with Crippen LogP contribution in [0.15, 0.2) is 0 Å². The lowest BCUT2D eigenvalue weighted by Gasteiger charge is -2.26. The second-order valence-corrected chi connectivity index (χ2v) is 4.85. The van der Waals surface area contributed by atoms with E-state index in [-0.39, 0.29) is 36.5 Å². The molecule has 0 bridgehead atoms. The van der Waals surface area contributed by atoms with Crippen molar-refractivity contribution in [2.45, 2.75) is 46.3 Å². The molecular formula is C13H22N2O2. The van der Waals surface area contributed by atoms with Crippen molar-refractivity contribution in [2.24, 2.45) is 11.8 Å². The number of hydrogen-bond acceptors (Lipinski definition) is 3. The van der Waals surface area contributed by atoms with Crippen LogP contribution < -0.4 is 0 Å². The first kappa shape index (κ1) is 14.0. The van der Waals surface area contributed by atoms with Gasteiger partial charge in [0, 0.05) is 6.54 Å². The lowest BCUT2D eigenvalue weighted by molar-refractivity contribution is -0.137. The Balaban J connectivity index is 2.76. The fraction of sp³-hybridized carbons (Fsp3) is 0.846. The summed E-state index contributed by atoms with van der Waals surface area (Å²) in [6.07, 6.45) is 0.939. The Bertz CT molecular complexity index is 311. The minimum absolute atomic E-state index is 0.0504. The number of amides is 1. The fourth-order valence-corrected chi connectivity index (χ4v) is 2.53. The van der Waals surface area contributed by atoms with E-state index in [4.69, 9.17) is 10.00 Å². The Morgan fingerprint density at radius 1 is 1.35 bits per heavy atom. The van der Waals surface area contributed by atoms with Gasteiger partial charge in [-0.3, -0.25) is 4.79 Å². The smallest absolute Gasteiger partial charge is 0.229 e. The third-order valence-electron chi connectivity index (χ3n) is 3.59. The quantitative estimate of drug-likeness (QED) is 0.702. The molecule has 0 aromatic rings. The molecule has 4 atom stereocenters. The van der Waals surface area contributed by atoms with E-state index in [0.717, 1.165) is 6.42 Å². The fourth-order valence-electron chi connectivity index (χ4n) is 2.53. The van der Waals surface area contributed by atoms with Crippen molar-refractivity contribution in [1.82, 2.24) is 4.90 Å². The maximum absolute atomic E-state index is 12.4. The molecule has 0 aromatic heterocycles. The summed E-state index contributed by atoms with van der Waals surface area (Å²) in [5, 5.41) is 8.76. The Morgan fingerprint density at radius 3 is 2.41 bits per heavy atom. The number of nitriles is 1. The molecule has 0 N–H and O–H groups in total. The molecule has 0 spiro atoms. The zero-order valence-electron chi connectivity index (χ0n) is 11.1. The van der Waals surface area contributed by atoms with E-state index < -0.39 is 0 Å². The summed E-state index contributed by atoms with van der Waals surface area (Å²) in [4.78, 5) is 14.0. The van der Waals surface area contributed by atoms with Gasteiger partial charge in [0.2, 0.25) is 5.91 Å². The van der Waals surface area contributed by atoms with E-state index in [2.05, 4.69) is 6.07 Å². The van der Waals surface area contributed by atoms with Crippen molar-refractivity contribution in [3.8, 4) is 6.07 Å². The molecule has 4 nitrogen and oxygen atoms in total. The molecule has 1 heterocycles. The molecule has 96 valence electrons. The van der Waals surface area contributed by atoms with Gasteiger partial charge in [-0.1, -0.05) is 13.8 Å². The van der Waals surface area contributed by atoms with Gasteiger partial charge in [0.1, 0.15) is 6.54 Å². The summed E-state index contributed by atoms with van der Waals surface area (Å²) in [6, 6.07) is 2.06. The molecule has 0 radical (unpaired) electrons. The molecule has 1 fully saturated rings. The van der Waals surface area contributed by atoms with Crippen LogP contribution in [0.5, 0.6) is 0 Å². The van der Waals surface area contributed by atoms with Crippen LogP contribution in [-0.4, -0.2) is 36.1 Å². The molecule has 1 amide bonds. The predicted molar refractivity (Wildman–Crippen MR) is 65.1 cm³/mol. The van der Waals surface area contributed by atoms with E-state index in [1.165, 1.54) is 0 Å². The molecule has 0 saturated carbocycles. The highest BCUT2D eigenvalue weighted by atomic mass is 16.5. The van der Waals surface area contributed by atoms with Crippen LogP contribution in [-0.2, 0) is 9.53 Å². The van der Waals surface area contributed by atoms with Crippen molar-refractivity contribution in [2.75, 3.05) is 13.1 Å². The number of hydrogen-bond donors (Lipinski definition) is 0. The maximum Gasteiger partial charge on any atom is 0.229 e.